The summed E-state index contributed by atoms with van der Waals surface area (Å²) >= 11 is 0. The third-order valence-electron chi connectivity index (χ3n) is 2.24. The van der Waals surface area contributed by atoms with Crippen molar-refractivity contribution in [2.24, 2.45) is 0 Å². The molecule has 0 N–H and O–H groups in total. The van der Waals surface area contributed by atoms with Crippen molar-refractivity contribution in [1.29, 1.82) is 0 Å². The Labute approximate surface area is 99.3 Å². The molecule has 0 atom stereocenters. The molecule has 86 valence electrons. The first-order chi connectivity index (χ1) is 8.31. The highest BCUT2D eigenvalue weighted by Crippen LogP contribution is 2.16. The molecule has 4 heteroatoms. The van der Waals surface area contributed by atoms with Crippen molar-refractivity contribution in [3.63, 3.8) is 0 Å². The third kappa shape index (κ3) is 2.66. The number of hydrogen-bond acceptors (Lipinski definition) is 4. The summed E-state index contributed by atoms with van der Waals surface area (Å²) in [6.07, 6.45) is 1.41. The molecule has 1 aromatic heterocycles. The molecule has 0 aliphatic rings. The van der Waals surface area contributed by atoms with Crippen LogP contribution in [-0.2, 0) is 4.74 Å². The van der Waals surface area contributed by atoms with E-state index in [-0.39, 0.29) is 5.97 Å². The Bertz CT molecular complexity index is 512. The van der Waals surface area contributed by atoms with Crippen molar-refractivity contribution < 1.29 is 9.53 Å². The molecule has 1 heterocycles. The van der Waals surface area contributed by atoms with E-state index in [0.29, 0.717) is 17.9 Å². The van der Waals surface area contributed by atoms with Crippen LogP contribution in [0.3, 0.4) is 0 Å². The number of benzene rings is 1. The first-order valence-corrected chi connectivity index (χ1v) is 5.36. The van der Waals surface area contributed by atoms with Gasteiger partial charge in [0.05, 0.1) is 24.1 Å². The van der Waals surface area contributed by atoms with Crippen LogP contribution in [0, 0.1) is 0 Å². The Morgan fingerprint density at radius 3 is 2.76 bits per heavy atom. The fourth-order valence-corrected chi connectivity index (χ4v) is 1.44. The predicted octanol–water partition coefficient (Wildman–Crippen LogP) is 2.32. The van der Waals surface area contributed by atoms with Gasteiger partial charge >= 0.3 is 5.97 Å². The number of aromatic nitrogens is 2. The molecule has 0 saturated heterocycles. The number of carbonyl (C=O) groups excluding carboxylic acids is 1. The van der Waals surface area contributed by atoms with E-state index in [9.17, 15) is 4.79 Å². The van der Waals surface area contributed by atoms with Gasteiger partial charge in [0, 0.05) is 5.56 Å². The Balaban J connectivity index is 2.32. The van der Waals surface area contributed by atoms with Crippen LogP contribution >= 0.6 is 0 Å². The summed E-state index contributed by atoms with van der Waals surface area (Å²) in [5.41, 5.74) is 2.00. The van der Waals surface area contributed by atoms with Crippen molar-refractivity contribution in [2.75, 3.05) is 6.61 Å². The molecule has 0 aliphatic carbocycles. The van der Waals surface area contributed by atoms with E-state index >= 15 is 0 Å². The van der Waals surface area contributed by atoms with Crippen molar-refractivity contribution in [2.45, 2.75) is 6.92 Å². The van der Waals surface area contributed by atoms with Crippen molar-refractivity contribution in [1.82, 2.24) is 10.2 Å². The van der Waals surface area contributed by atoms with Gasteiger partial charge in [-0.25, -0.2) is 4.79 Å². The zero-order valence-corrected chi connectivity index (χ0v) is 9.46. The number of esters is 1. The van der Waals surface area contributed by atoms with Gasteiger partial charge in [0.2, 0.25) is 0 Å². The number of rotatable bonds is 3. The molecule has 0 saturated carbocycles. The predicted molar refractivity (Wildman–Crippen MR) is 63.4 cm³/mol. The fourth-order valence-electron chi connectivity index (χ4n) is 1.44. The molecular formula is C13H12N2O2. The highest BCUT2D eigenvalue weighted by molar-refractivity contribution is 5.90. The van der Waals surface area contributed by atoms with Crippen LogP contribution in [0.2, 0.25) is 0 Å². The maximum absolute atomic E-state index is 11.5. The molecule has 4 nitrogen and oxygen atoms in total. The number of carbonyl (C=O) groups is 1. The SMILES string of the molecule is CCOC(=O)c1cnnc(-c2ccccc2)c1. The maximum atomic E-state index is 11.5. The molecule has 0 amide bonds. The van der Waals surface area contributed by atoms with Crippen LogP contribution in [0.5, 0.6) is 0 Å². The average Bonchev–Trinajstić information content (AvgIpc) is 2.40. The lowest BCUT2D eigenvalue weighted by molar-refractivity contribution is 0.0525. The summed E-state index contributed by atoms with van der Waals surface area (Å²) in [6.45, 7) is 2.12. The number of nitrogens with zero attached hydrogens (tertiary/aromatic N) is 2. The van der Waals surface area contributed by atoms with Crippen LogP contribution in [-0.4, -0.2) is 22.8 Å². The second-order valence-corrected chi connectivity index (χ2v) is 3.42. The molecule has 0 aliphatic heterocycles. The molecule has 0 radical (unpaired) electrons. The van der Waals surface area contributed by atoms with Crippen molar-refractivity contribution in [3.05, 3.63) is 48.2 Å². The number of hydrogen-bond donors (Lipinski definition) is 0. The minimum Gasteiger partial charge on any atom is -0.462 e. The zero-order valence-electron chi connectivity index (χ0n) is 9.46. The Hall–Kier alpha value is -2.23. The molecule has 2 aromatic rings. The summed E-state index contributed by atoms with van der Waals surface area (Å²) in [4.78, 5) is 11.5. The zero-order chi connectivity index (χ0) is 12.1. The molecule has 1 aromatic carbocycles. The van der Waals surface area contributed by atoms with E-state index in [1.54, 1.807) is 13.0 Å². The topological polar surface area (TPSA) is 52.1 Å². The number of ether oxygens (including phenoxy) is 1. The van der Waals surface area contributed by atoms with Gasteiger partial charge in [0.1, 0.15) is 0 Å². The standard InChI is InChI=1S/C13H12N2O2/c1-2-17-13(16)11-8-12(15-14-9-11)10-6-4-3-5-7-10/h3-9H,2H2,1H3. The van der Waals surface area contributed by atoms with Crippen LogP contribution < -0.4 is 0 Å². The lowest BCUT2D eigenvalue weighted by Gasteiger charge is -2.03. The van der Waals surface area contributed by atoms with Gasteiger partial charge in [0.15, 0.2) is 0 Å². The average molecular weight is 228 g/mol. The van der Waals surface area contributed by atoms with Gasteiger partial charge in [-0.15, -0.1) is 0 Å². The fraction of sp³-hybridized carbons (Fsp3) is 0.154. The third-order valence-corrected chi connectivity index (χ3v) is 2.24. The van der Waals surface area contributed by atoms with Crippen LogP contribution in [0.4, 0.5) is 0 Å². The van der Waals surface area contributed by atoms with E-state index in [4.69, 9.17) is 4.74 Å². The Kier molecular flexibility index (Phi) is 3.45. The van der Waals surface area contributed by atoms with Gasteiger partial charge in [0.25, 0.3) is 0 Å². The van der Waals surface area contributed by atoms with Gasteiger partial charge < -0.3 is 4.74 Å². The maximum Gasteiger partial charge on any atom is 0.339 e. The van der Waals surface area contributed by atoms with Crippen molar-refractivity contribution >= 4 is 5.97 Å². The Morgan fingerprint density at radius 2 is 2.06 bits per heavy atom. The lowest BCUT2D eigenvalue weighted by Crippen LogP contribution is -2.06. The summed E-state index contributed by atoms with van der Waals surface area (Å²) in [5.74, 6) is -0.375. The first kappa shape index (κ1) is 11.3. The van der Waals surface area contributed by atoms with E-state index in [0.717, 1.165) is 5.56 Å². The van der Waals surface area contributed by atoms with Crippen LogP contribution in [0.15, 0.2) is 42.6 Å². The summed E-state index contributed by atoms with van der Waals surface area (Å²) < 4.78 is 4.91. The van der Waals surface area contributed by atoms with Crippen LogP contribution in [0.1, 0.15) is 17.3 Å². The second-order valence-electron chi connectivity index (χ2n) is 3.42. The normalized spacial score (nSPS) is 9.94. The molecule has 17 heavy (non-hydrogen) atoms. The highest BCUT2D eigenvalue weighted by Gasteiger charge is 2.09. The van der Waals surface area contributed by atoms with Gasteiger partial charge in [-0.1, -0.05) is 30.3 Å². The highest BCUT2D eigenvalue weighted by atomic mass is 16.5. The second kappa shape index (κ2) is 5.21. The van der Waals surface area contributed by atoms with E-state index < -0.39 is 0 Å². The quantitative estimate of drug-likeness (QED) is 0.756. The summed E-state index contributed by atoms with van der Waals surface area (Å²) in [5, 5.41) is 7.81. The molecule has 0 fully saturated rings. The lowest BCUT2D eigenvalue weighted by atomic mass is 10.1. The van der Waals surface area contributed by atoms with Gasteiger partial charge in [-0.05, 0) is 13.0 Å². The van der Waals surface area contributed by atoms with E-state index in [2.05, 4.69) is 10.2 Å². The molecule has 0 unspecified atom stereocenters. The molecule has 0 spiro atoms. The minimum absolute atomic E-state index is 0.349. The molecule has 2 rings (SSSR count). The first-order valence-electron chi connectivity index (χ1n) is 5.36. The largest absolute Gasteiger partial charge is 0.462 e. The van der Waals surface area contributed by atoms with E-state index in [1.165, 1.54) is 6.20 Å². The smallest absolute Gasteiger partial charge is 0.339 e. The monoisotopic (exact) mass is 228 g/mol. The van der Waals surface area contributed by atoms with Gasteiger partial charge in [-0.2, -0.15) is 10.2 Å². The van der Waals surface area contributed by atoms with Gasteiger partial charge in [-0.3, -0.25) is 0 Å². The van der Waals surface area contributed by atoms with E-state index in [1.807, 2.05) is 30.3 Å². The summed E-state index contributed by atoms with van der Waals surface area (Å²) in [6, 6.07) is 11.3. The summed E-state index contributed by atoms with van der Waals surface area (Å²) in [7, 11) is 0. The molecule has 0 bridgehead atoms. The molecular weight excluding hydrogens is 216 g/mol. The minimum atomic E-state index is -0.375. The van der Waals surface area contributed by atoms with Crippen LogP contribution in [0.25, 0.3) is 11.3 Å². The Morgan fingerprint density at radius 1 is 1.29 bits per heavy atom. The van der Waals surface area contributed by atoms with Crippen molar-refractivity contribution in [3.8, 4) is 11.3 Å².